The van der Waals surface area contributed by atoms with Gasteiger partial charge in [0.1, 0.15) is 23.3 Å². The van der Waals surface area contributed by atoms with Crippen molar-refractivity contribution < 1.29 is 9.21 Å². The molecule has 0 N–H and O–H groups in total. The van der Waals surface area contributed by atoms with Crippen molar-refractivity contribution in [2.75, 3.05) is 6.54 Å². The van der Waals surface area contributed by atoms with Gasteiger partial charge in [-0.3, -0.25) is 4.79 Å². The number of rotatable bonds is 4. The SMILES string of the molecule is Cc1nccc(C(=O)N2CCCC[C@@H]2c2ncc(Cc3ccc(Cl)cc3)o2)n1. The van der Waals surface area contributed by atoms with Crippen molar-refractivity contribution in [3.63, 3.8) is 0 Å². The van der Waals surface area contributed by atoms with Crippen molar-refractivity contribution in [3.05, 3.63) is 76.5 Å². The predicted octanol–water partition coefficient (Wildman–Crippen LogP) is 4.38. The van der Waals surface area contributed by atoms with Crippen LogP contribution in [0.1, 0.15) is 58.8 Å². The number of halogens is 1. The number of amides is 1. The lowest BCUT2D eigenvalue weighted by atomic mass is 10.0. The van der Waals surface area contributed by atoms with Crippen molar-refractivity contribution in [2.45, 2.75) is 38.6 Å². The van der Waals surface area contributed by atoms with Gasteiger partial charge in [0.15, 0.2) is 0 Å². The van der Waals surface area contributed by atoms with Gasteiger partial charge >= 0.3 is 0 Å². The highest BCUT2D eigenvalue weighted by molar-refractivity contribution is 6.30. The molecule has 6 nitrogen and oxygen atoms in total. The highest BCUT2D eigenvalue weighted by Crippen LogP contribution is 2.32. The van der Waals surface area contributed by atoms with E-state index in [2.05, 4.69) is 15.0 Å². The smallest absolute Gasteiger partial charge is 0.273 e. The maximum absolute atomic E-state index is 13.0. The fourth-order valence-corrected chi connectivity index (χ4v) is 3.64. The van der Waals surface area contributed by atoms with Crippen LogP contribution in [0, 0.1) is 6.92 Å². The lowest BCUT2D eigenvalue weighted by molar-refractivity contribution is 0.0563. The number of oxazole rings is 1. The Bertz CT molecular complexity index is 971. The van der Waals surface area contributed by atoms with E-state index in [9.17, 15) is 4.79 Å². The molecule has 1 amide bonds. The topological polar surface area (TPSA) is 72.1 Å². The lowest BCUT2D eigenvalue weighted by Gasteiger charge is -2.33. The fourth-order valence-electron chi connectivity index (χ4n) is 3.52. The van der Waals surface area contributed by atoms with Crippen molar-refractivity contribution in [2.24, 2.45) is 0 Å². The summed E-state index contributed by atoms with van der Waals surface area (Å²) < 4.78 is 6.03. The average molecular weight is 397 g/mol. The second kappa shape index (κ2) is 8.10. The van der Waals surface area contributed by atoms with Crippen LogP contribution in [0.15, 0.2) is 47.1 Å². The summed E-state index contributed by atoms with van der Waals surface area (Å²) in [4.78, 5) is 27.7. The Morgan fingerprint density at radius 3 is 2.82 bits per heavy atom. The van der Waals surface area contributed by atoms with Crippen molar-refractivity contribution in [1.82, 2.24) is 19.9 Å². The molecular weight excluding hydrogens is 376 g/mol. The minimum atomic E-state index is -0.171. The zero-order chi connectivity index (χ0) is 19.5. The number of aryl methyl sites for hydroxylation is 1. The van der Waals surface area contributed by atoms with Crippen LogP contribution in [0.3, 0.4) is 0 Å². The van der Waals surface area contributed by atoms with E-state index in [4.69, 9.17) is 16.0 Å². The molecule has 1 aromatic carbocycles. The van der Waals surface area contributed by atoms with E-state index in [0.29, 0.717) is 35.4 Å². The zero-order valence-electron chi connectivity index (χ0n) is 15.6. The molecule has 2 aromatic heterocycles. The third-order valence-electron chi connectivity index (χ3n) is 4.91. The van der Waals surface area contributed by atoms with Gasteiger partial charge in [-0.15, -0.1) is 0 Å². The number of benzene rings is 1. The highest BCUT2D eigenvalue weighted by Gasteiger charge is 2.32. The first-order valence-electron chi connectivity index (χ1n) is 9.40. The highest BCUT2D eigenvalue weighted by atomic mass is 35.5. The summed E-state index contributed by atoms with van der Waals surface area (Å²) >= 11 is 5.94. The first-order valence-corrected chi connectivity index (χ1v) is 9.77. The number of aromatic nitrogens is 3. The van der Waals surface area contributed by atoms with Gasteiger partial charge < -0.3 is 9.32 Å². The number of likely N-dealkylation sites (tertiary alicyclic amines) is 1. The first kappa shape index (κ1) is 18.6. The Labute approximate surface area is 168 Å². The van der Waals surface area contributed by atoms with Crippen LogP contribution >= 0.6 is 11.6 Å². The Morgan fingerprint density at radius 1 is 1.21 bits per heavy atom. The zero-order valence-corrected chi connectivity index (χ0v) is 16.4. The summed E-state index contributed by atoms with van der Waals surface area (Å²) in [5.41, 5.74) is 1.51. The average Bonchev–Trinajstić information content (AvgIpc) is 3.17. The molecule has 0 bridgehead atoms. The number of carbonyl (C=O) groups is 1. The molecule has 1 fully saturated rings. The largest absolute Gasteiger partial charge is 0.443 e. The molecule has 0 radical (unpaired) electrons. The van der Waals surface area contributed by atoms with Crippen LogP contribution < -0.4 is 0 Å². The predicted molar refractivity (Wildman–Crippen MR) is 105 cm³/mol. The molecule has 144 valence electrons. The Balaban J connectivity index is 1.54. The number of piperidine rings is 1. The summed E-state index contributed by atoms with van der Waals surface area (Å²) in [6.07, 6.45) is 6.82. The summed E-state index contributed by atoms with van der Waals surface area (Å²) in [5, 5.41) is 0.707. The normalized spacial score (nSPS) is 16.9. The fraction of sp³-hybridized carbons (Fsp3) is 0.333. The molecule has 28 heavy (non-hydrogen) atoms. The molecule has 1 saturated heterocycles. The van der Waals surface area contributed by atoms with E-state index in [1.54, 1.807) is 25.4 Å². The van der Waals surface area contributed by atoms with Gasteiger partial charge in [-0.05, 0) is 49.9 Å². The number of hydrogen-bond acceptors (Lipinski definition) is 5. The van der Waals surface area contributed by atoms with E-state index in [-0.39, 0.29) is 11.9 Å². The second-order valence-corrected chi connectivity index (χ2v) is 7.40. The standard InChI is InChI=1S/C21H21ClN4O2/c1-14-23-10-9-18(25-14)21(27)26-11-3-2-4-19(26)20-24-13-17(28-20)12-15-5-7-16(22)8-6-15/h5-10,13,19H,2-4,11-12H2,1H3/t19-/m1/s1. The second-order valence-electron chi connectivity index (χ2n) is 6.97. The van der Waals surface area contributed by atoms with Crippen LogP contribution in [-0.2, 0) is 6.42 Å². The summed E-state index contributed by atoms with van der Waals surface area (Å²) in [5.74, 6) is 1.84. The summed E-state index contributed by atoms with van der Waals surface area (Å²) in [6.45, 7) is 2.45. The van der Waals surface area contributed by atoms with Crippen molar-refractivity contribution >= 4 is 17.5 Å². The van der Waals surface area contributed by atoms with Gasteiger partial charge in [0, 0.05) is 24.2 Å². The van der Waals surface area contributed by atoms with Gasteiger partial charge in [-0.1, -0.05) is 23.7 Å². The monoisotopic (exact) mass is 396 g/mol. The van der Waals surface area contributed by atoms with Crippen molar-refractivity contribution in [1.29, 1.82) is 0 Å². The summed E-state index contributed by atoms with van der Waals surface area (Å²) in [7, 11) is 0. The Hall–Kier alpha value is -2.73. The van der Waals surface area contributed by atoms with Gasteiger partial charge in [-0.2, -0.15) is 0 Å². The third-order valence-corrected chi connectivity index (χ3v) is 5.16. The van der Waals surface area contributed by atoms with Crippen LogP contribution in [0.25, 0.3) is 0 Å². The van der Waals surface area contributed by atoms with E-state index in [1.165, 1.54) is 0 Å². The van der Waals surface area contributed by atoms with Gasteiger partial charge in [0.25, 0.3) is 5.91 Å². The number of carbonyl (C=O) groups excluding carboxylic acids is 1. The molecule has 3 aromatic rings. The molecule has 1 aliphatic rings. The van der Waals surface area contributed by atoms with Crippen molar-refractivity contribution in [3.8, 4) is 0 Å². The van der Waals surface area contributed by atoms with Crippen LogP contribution in [-0.4, -0.2) is 32.3 Å². The van der Waals surface area contributed by atoms with E-state index in [0.717, 1.165) is 30.6 Å². The van der Waals surface area contributed by atoms with Gasteiger partial charge in [0.2, 0.25) is 5.89 Å². The van der Waals surface area contributed by atoms with E-state index >= 15 is 0 Å². The Morgan fingerprint density at radius 2 is 2.04 bits per heavy atom. The first-order chi connectivity index (χ1) is 13.6. The van der Waals surface area contributed by atoms with Crippen LogP contribution in [0.2, 0.25) is 5.02 Å². The quantitative estimate of drug-likeness (QED) is 0.654. The third kappa shape index (κ3) is 4.07. The maximum atomic E-state index is 13.0. The molecule has 1 atom stereocenters. The van der Waals surface area contributed by atoms with Gasteiger partial charge in [-0.25, -0.2) is 15.0 Å². The molecular formula is C21H21ClN4O2. The Kier molecular flexibility index (Phi) is 5.39. The molecule has 0 unspecified atom stereocenters. The van der Waals surface area contributed by atoms with E-state index < -0.39 is 0 Å². The molecule has 3 heterocycles. The molecule has 1 aliphatic heterocycles. The number of hydrogen-bond donors (Lipinski definition) is 0. The minimum absolute atomic E-state index is 0.104. The molecule has 4 rings (SSSR count). The van der Waals surface area contributed by atoms with E-state index in [1.807, 2.05) is 29.2 Å². The molecule has 0 spiro atoms. The summed E-state index contributed by atoms with van der Waals surface area (Å²) in [6, 6.07) is 9.15. The lowest BCUT2D eigenvalue weighted by Crippen LogP contribution is -2.39. The maximum Gasteiger partial charge on any atom is 0.273 e. The molecule has 0 saturated carbocycles. The van der Waals surface area contributed by atoms with Crippen LogP contribution in [0.5, 0.6) is 0 Å². The number of nitrogens with zero attached hydrogens (tertiary/aromatic N) is 4. The molecule has 7 heteroatoms. The van der Waals surface area contributed by atoms with Crippen LogP contribution in [0.4, 0.5) is 0 Å². The molecule has 0 aliphatic carbocycles. The van der Waals surface area contributed by atoms with Gasteiger partial charge in [0.05, 0.1) is 6.20 Å². The minimum Gasteiger partial charge on any atom is -0.443 e.